The first-order valence-corrected chi connectivity index (χ1v) is 13.0. The summed E-state index contributed by atoms with van der Waals surface area (Å²) in [5.74, 6) is -0.0455. The third-order valence-electron chi connectivity index (χ3n) is 5.33. The Morgan fingerprint density at radius 3 is 2.56 bits per heavy atom. The Bertz CT molecular complexity index is 1380. The van der Waals surface area contributed by atoms with Crippen LogP contribution in [-0.4, -0.2) is 47.9 Å². The molecule has 0 N–H and O–H groups in total. The molecule has 0 atom stereocenters. The number of hydrogen-bond donors (Lipinski definition) is 0. The third-order valence-corrected chi connectivity index (χ3v) is 7.80. The summed E-state index contributed by atoms with van der Waals surface area (Å²) >= 11 is 1.56. The van der Waals surface area contributed by atoms with E-state index in [2.05, 4.69) is 21.7 Å². The summed E-state index contributed by atoms with van der Waals surface area (Å²) in [5.41, 5.74) is 0.656. The zero-order valence-electron chi connectivity index (χ0n) is 19.0. The average molecular weight is 509 g/mol. The molecule has 0 aliphatic heterocycles. The van der Waals surface area contributed by atoms with Crippen LogP contribution in [0, 0.1) is 6.92 Å². The van der Waals surface area contributed by atoms with E-state index in [9.17, 15) is 21.6 Å². The van der Waals surface area contributed by atoms with Crippen LogP contribution in [0.1, 0.15) is 18.3 Å². The summed E-state index contributed by atoms with van der Waals surface area (Å²) in [6.07, 6.45) is -0.444. The molecule has 0 aliphatic rings. The van der Waals surface area contributed by atoms with Crippen LogP contribution in [0.15, 0.2) is 57.0 Å². The summed E-state index contributed by atoms with van der Waals surface area (Å²) in [4.78, 5) is 12.7. The van der Waals surface area contributed by atoms with Gasteiger partial charge < -0.3 is 4.57 Å². The standard InChI is InChI=1S/C23H23F3N4O2S2/c1-6-34(31,32)19-11-16(15-8-7-9-17(10-15)33-5)13-28-21(19)22-29-18(14(2)30(22)4)12-20(27-3)23(24,25)26/h7-13H,3,6H2,1-2,4-5H3/b20-12-. The van der Waals surface area contributed by atoms with Crippen LogP contribution in [0.5, 0.6) is 0 Å². The van der Waals surface area contributed by atoms with Gasteiger partial charge in [0, 0.05) is 29.4 Å². The minimum absolute atomic E-state index is 0.00406. The molecule has 0 unspecified atom stereocenters. The Hall–Kier alpha value is -2.92. The van der Waals surface area contributed by atoms with Gasteiger partial charge in [-0.2, -0.15) is 13.2 Å². The van der Waals surface area contributed by atoms with Gasteiger partial charge in [-0.05, 0) is 49.7 Å². The fourth-order valence-corrected chi connectivity index (χ4v) is 4.78. The summed E-state index contributed by atoms with van der Waals surface area (Å²) in [6.45, 7) is 6.08. The van der Waals surface area contributed by atoms with Crippen LogP contribution >= 0.6 is 11.8 Å². The fourth-order valence-electron chi connectivity index (χ4n) is 3.26. The predicted octanol–water partition coefficient (Wildman–Crippen LogP) is 5.58. The lowest BCUT2D eigenvalue weighted by Gasteiger charge is -2.12. The molecule has 0 saturated carbocycles. The minimum Gasteiger partial charge on any atom is -0.329 e. The summed E-state index contributed by atoms with van der Waals surface area (Å²) in [6, 6.07) is 9.13. The molecule has 3 aromatic rings. The molecule has 0 bridgehead atoms. The summed E-state index contributed by atoms with van der Waals surface area (Å²) < 4.78 is 67.0. The molecule has 2 aromatic heterocycles. The van der Waals surface area contributed by atoms with Crippen LogP contribution in [-0.2, 0) is 16.9 Å². The first kappa shape index (κ1) is 25.7. The van der Waals surface area contributed by atoms with E-state index >= 15 is 0 Å². The highest BCUT2D eigenvalue weighted by atomic mass is 32.2. The normalized spacial score (nSPS) is 12.7. The van der Waals surface area contributed by atoms with Crippen molar-refractivity contribution in [2.75, 3.05) is 12.0 Å². The zero-order chi connectivity index (χ0) is 25.3. The van der Waals surface area contributed by atoms with E-state index in [0.717, 1.165) is 16.5 Å². The first-order chi connectivity index (χ1) is 15.9. The van der Waals surface area contributed by atoms with Gasteiger partial charge in [0.05, 0.1) is 16.3 Å². The molecule has 0 saturated heterocycles. The van der Waals surface area contributed by atoms with Gasteiger partial charge in [-0.25, -0.2) is 13.4 Å². The van der Waals surface area contributed by atoms with Crippen LogP contribution in [0.3, 0.4) is 0 Å². The van der Waals surface area contributed by atoms with Gasteiger partial charge in [-0.1, -0.05) is 19.1 Å². The molecule has 0 amide bonds. The number of sulfone groups is 1. The van der Waals surface area contributed by atoms with E-state index in [0.29, 0.717) is 11.3 Å². The average Bonchev–Trinajstić information content (AvgIpc) is 3.09. The molecule has 0 fully saturated rings. The van der Waals surface area contributed by atoms with Crippen molar-refractivity contribution in [3.8, 4) is 22.6 Å². The third kappa shape index (κ3) is 5.10. The Morgan fingerprint density at radius 1 is 1.26 bits per heavy atom. The second-order valence-electron chi connectivity index (χ2n) is 7.36. The highest BCUT2D eigenvalue weighted by Gasteiger charge is 2.34. The lowest BCUT2D eigenvalue weighted by atomic mass is 10.1. The van der Waals surface area contributed by atoms with Crippen molar-refractivity contribution >= 4 is 34.4 Å². The number of hydrogen-bond acceptors (Lipinski definition) is 6. The number of nitrogens with zero attached hydrogens (tertiary/aromatic N) is 4. The highest BCUT2D eigenvalue weighted by molar-refractivity contribution is 7.98. The zero-order valence-corrected chi connectivity index (χ0v) is 20.6. The maximum absolute atomic E-state index is 13.2. The second-order valence-corrected chi connectivity index (χ2v) is 10.5. The lowest BCUT2D eigenvalue weighted by molar-refractivity contribution is -0.0912. The Balaban J connectivity index is 2.24. The molecular formula is C23H23F3N4O2S2. The fraction of sp³-hybridized carbons (Fsp3) is 0.261. The Labute approximate surface area is 200 Å². The van der Waals surface area contributed by atoms with Crippen LogP contribution in [0.4, 0.5) is 13.2 Å². The highest BCUT2D eigenvalue weighted by Crippen LogP contribution is 2.33. The number of imidazole rings is 1. The molecule has 34 heavy (non-hydrogen) atoms. The topological polar surface area (TPSA) is 77.2 Å². The number of aromatic nitrogens is 3. The summed E-state index contributed by atoms with van der Waals surface area (Å²) in [7, 11) is -2.15. The van der Waals surface area contributed by atoms with Gasteiger partial charge in [0.2, 0.25) is 0 Å². The van der Waals surface area contributed by atoms with E-state index < -0.39 is 21.7 Å². The summed E-state index contributed by atoms with van der Waals surface area (Å²) in [5, 5.41) is 0. The molecular weight excluding hydrogens is 485 g/mol. The van der Waals surface area contributed by atoms with Crippen molar-refractivity contribution in [3.05, 3.63) is 53.6 Å². The maximum atomic E-state index is 13.2. The number of halogens is 3. The second kappa shape index (κ2) is 9.75. The molecule has 6 nitrogen and oxygen atoms in total. The number of thioether (sulfide) groups is 1. The number of allylic oxidation sites excluding steroid dienone is 1. The largest absolute Gasteiger partial charge is 0.433 e. The number of alkyl halides is 3. The molecule has 1 aromatic carbocycles. The van der Waals surface area contributed by atoms with Crippen LogP contribution < -0.4 is 0 Å². The number of benzene rings is 1. The van der Waals surface area contributed by atoms with Crippen molar-refractivity contribution in [1.82, 2.24) is 14.5 Å². The molecule has 2 heterocycles. The predicted molar refractivity (Wildman–Crippen MR) is 130 cm³/mol. The van der Waals surface area contributed by atoms with E-state index in [1.165, 1.54) is 23.8 Å². The van der Waals surface area contributed by atoms with Crippen molar-refractivity contribution in [2.24, 2.45) is 12.0 Å². The molecule has 0 aliphatic carbocycles. The van der Waals surface area contributed by atoms with Crippen molar-refractivity contribution < 1.29 is 21.6 Å². The SMILES string of the molecule is C=N/C(=C\c1nc(-c2ncc(-c3cccc(SC)c3)cc2S(=O)(=O)CC)n(C)c1C)C(F)(F)F. The maximum Gasteiger partial charge on any atom is 0.433 e. The van der Waals surface area contributed by atoms with E-state index in [1.54, 1.807) is 25.7 Å². The molecule has 0 radical (unpaired) electrons. The van der Waals surface area contributed by atoms with Crippen LogP contribution in [0.25, 0.3) is 28.7 Å². The van der Waals surface area contributed by atoms with E-state index in [-0.39, 0.29) is 27.9 Å². The van der Waals surface area contributed by atoms with Gasteiger partial charge in [0.25, 0.3) is 0 Å². The Morgan fingerprint density at radius 2 is 1.97 bits per heavy atom. The number of pyridine rings is 1. The molecule has 180 valence electrons. The van der Waals surface area contributed by atoms with E-state index in [4.69, 9.17) is 0 Å². The monoisotopic (exact) mass is 508 g/mol. The lowest BCUT2D eigenvalue weighted by Crippen LogP contribution is -2.09. The van der Waals surface area contributed by atoms with Crippen molar-refractivity contribution in [3.63, 3.8) is 0 Å². The molecule has 0 spiro atoms. The number of rotatable bonds is 7. The van der Waals surface area contributed by atoms with Gasteiger partial charge >= 0.3 is 6.18 Å². The molecule has 3 rings (SSSR count). The van der Waals surface area contributed by atoms with Gasteiger partial charge in [0.1, 0.15) is 11.4 Å². The van der Waals surface area contributed by atoms with Crippen molar-refractivity contribution in [1.29, 1.82) is 0 Å². The quantitative estimate of drug-likeness (QED) is 0.308. The smallest absolute Gasteiger partial charge is 0.329 e. The van der Waals surface area contributed by atoms with Gasteiger partial charge in [-0.15, -0.1) is 11.8 Å². The van der Waals surface area contributed by atoms with E-state index in [1.807, 2.05) is 30.5 Å². The van der Waals surface area contributed by atoms with Crippen molar-refractivity contribution in [2.45, 2.75) is 29.8 Å². The van der Waals surface area contributed by atoms with Gasteiger partial charge in [-0.3, -0.25) is 9.98 Å². The van der Waals surface area contributed by atoms with Crippen LogP contribution in [0.2, 0.25) is 0 Å². The Kier molecular flexibility index (Phi) is 7.37. The van der Waals surface area contributed by atoms with Gasteiger partial charge in [0.15, 0.2) is 15.7 Å². The number of aliphatic imine (C=N–C) groups is 1. The minimum atomic E-state index is -4.70. The first-order valence-electron chi connectivity index (χ1n) is 10.1. The molecule has 11 heteroatoms.